The first-order chi connectivity index (χ1) is 6.72. The molecule has 0 aliphatic rings. The highest BCUT2D eigenvalue weighted by atomic mass is 79.9. The predicted octanol–water partition coefficient (Wildman–Crippen LogP) is 1.92. The van der Waals surface area contributed by atoms with Gasteiger partial charge in [0.25, 0.3) is 0 Å². The van der Waals surface area contributed by atoms with Gasteiger partial charge in [-0.3, -0.25) is 0 Å². The van der Waals surface area contributed by atoms with Crippen LogP contribution in [0.2, 0.25) is 0 Å². The Hall–Kier alpha value is -0.840. The molecule has 2 rings (SSSR count). The van der Waals surface area contributed by atoms with Crippen molar-refractivity contribution in [3.05, 3.63) is 34.4 Å². The van der Waals surface area contributed by atoms with Crippen LogP contribution in [0.3, 0.4) is 0 Å². The Morgan fingerprint density at radius 1 is 1.50 bits per heavy atom. The molecule has 0 spiro atoms. The second-order valence-electron chi connectivity index (χ2n) is 3.21. The molecule has 0 unspecified atom stereocenters. The molecule has 0 aliphatic carbocycles. The fourth-order valence-corrected chi connectivity index (χ4v) is 1.92. The Kier molecular flexibility index (Phi) is 2.58. The smallest absolute Gasteiger partial charge is 0.0683 e. The summed E-state index contributed by atoms with van der Waals surface area (Å²) >= 11 is 3.46. The zero-order valence-electron chi connectivity index (χ0n) is 7.50. The summed E-state index contributed by atoms with van der Waals surface area (Å²) in [4.78, 5) is 3.17. The zero-order valence-corrected chi connectivity index (χ0v) is 9.08. The summed E-state index contributed by atoms with van der Waals surface area (Å²) < 4.78 is 1.03. The number of rotatable bonds is 2. The van der Waals surface area contributed by atoms with E-state index in [1.807, 2.05) is 24.3 Å². The summed E-state index contributed by atoms with van der Waals surface area (Å²) in [6.07, 6.45) is 0. The molecule has 0 aliphatic heterocycles. The van der Waals surface area contributed by atoms with Crippen LogP contribution >= 0.6 is 15.9 Å². The first-order valence-electron chi connectivity index (χ1n) is 4.36. The number of nitrogens with one attached hydrogen (secondary N) is 1. The second kappa shape index (κ2) is 3.73. The maximum atomic E-state index is 8.93. The van der Waals surface area contributed by atoms with Crippen LogP contribution in [0.25, 0.3) is 10.9 Å². The van der Waals surface area contributed by atoms with Crippen LogP contribution in [0.5, 0.6) is 0 Å². The molecule has 1 atom stereocenters. The molecule has 1 aromatic heterocycles. The number of hydrogen-bond donors (Lipinski definition) is 3. The zero-order chi connectivity index (χ0) is 10.1. The largest absolute Gasteiger partial charge is 0.394 e. The van der Waals surface area contributed by atoms with E-state index < -0.39 is 0 Å². The number of halogens is 1. The average Bonchev–Trinajstić information content (AvgIpc) is 2.62. The number of aliphatic hydroxyl groups is 1. The lowest BCUT2D eigenvalue weighted by Crippen LogP contribution is -2.14. The van der Waals surface area contributed by atoms with Crippen molar-refractivity contribution in [1.29, 1.82) is 0 Å². The third-order valence-electron chi connectivity index (χ3n) is 2.23. The lowest BCUT2D eigenvalue weighted by Gasteiger charge is -2.03. The summed E-state index contributed by atoms with van der Waals surface area (Å²) in [5.74, 6) is 0. The molecule has 0 saturated heterocycles. The lowest BCUT2D eigenvalue weighted by atomic mass is 10.2. The van der Waals surface area contributed by atoms with Crippen LogP contribution in [0.4, 0.5) is 0 Å². The minimum atomic E-state index is -0.339. The molecule has 0 bridgehead atoms. The van der Waals surface area contributed by atoms with Gasteiger partial charge in [0.05, 0.1) is 12.6 Å². The van der Waals surface area contributed by atoms with Crippen molar-refractivity contribution in [2.24, 2.45) is 5.73 Å². The van der Waals surface area contributed by atoms with Crippen LogP contribution < -0.4 is 5.73 Å². The van der Waals surface area contributed by atoms with Gasteiger partial charge in [-0.25, -0.2) is 0 Å². The first-order valence-corrected chi connectivity index (χ1v) is 5.15. The first kappa shape index (κ1) is 9.71. The summed E-state index contributed by atoms with van der Waals surface area (Å²) in [6.45, 7) is -0.0511. The quantitative estimate of drug-likeness (QED) is 0.767. The van der Waals surface area contributed by atoms with Gasteiger partial charge in [-0.1, -0.05) is 22.0 Å². The Bertz CT molecular complexity index is 452. The molecule has 1 heterocycles. The van der Waals surface area contributed by atoms with Crippen LogP contribution in [-0.4, -0.2) is 16.7 Å². The number of nitrogens with two attached hydrogens (primary N) is 1. The Morgan fingerprint density at radius 2 is 2.29 bits per heavy atom. The monoisotopic (exact) mass is 254 g/mol. The van der Waals surface area contributed by atoms with Gasteiger partial charge in [0.1, 0.15) is 0 Å². The van der Waals surface area contributed by atoms with E-state index in [9.17, 15) is 0 Å². The van der Waals surface area contributed by atoms with Gasteiger partial charge in [0.15, 0.2) is 0 Å². The van der Waals surface area contributed by atoms with Gasteiger partial charge >= 0.3 is 0 Å². The minimum Gasteiger partial charge on any atom is -0.394 e. The van der Waals surface area contributed by atoms with Crippen molar-refractivity contribution in [2.45, 2.75) is 6.04 Å². The van der Waals surface area contributed by atoms with Gasteiger partial charge in [-0.15, -0.1) is 0 Å². The van der Waals surface area contributed by atoms with Gasteiger partial charge < -0.3 is 15.8 Å². The van der Waals surface area contributed by atoms with E-state index in [0.29, 0.717) is 0 Å². The highest BCUT2D eigenvalue weighted by Crippen LogP contribution is 2.25. The average molecular weight is 255 g/mol. The van der Waals surface area contributed by atoms with Crippen LogP contribution in [0.15, 0.2) is 28.7 Å². The Balaban J connectivity index is 2.56. The molecule has 1 aromatic carbocycles. The van der Waals surface area contributed by atoms with Crippen molar-refractivity contribution < 1.29 is 5.11 Å². The van der Waals surface area contributed by atoms with Gasteiger partial charge in [0.2, 0.25) is 0 Å². The summed E-state index contributed by atoms with van der Waals surface area (Å²) in [5.41, 5.74) is 7.59. The molecule has 14 heavy (non-hydrogen) atoms. The number of aliphatic hydroxyl groups excluding tert-OH is 1. The molecular weight excluding hydrogens is 244 g/mol. The third-order valence-corrected chi connectivity index (χ3v) is 2.92. The molecular formula is C10H11BrN2O. The number of hydrogen-bond acceptors (Lipinski definition) is 2. The Labute approximate surface area is 90.1 Å². The highest BCUT2D eigenvalue weighted by Gasteiger charge is 2.09. The summed E-state index contributed by atoms with van der Waals surface area (Å²) in [5, 5.41) is 10.0. The highest BCUT2D eigenvalue weighted by molar-refractivity contribution is 9.10. The number of aromatic nitrogens is 1. The number of H-pyrrole nitrogens is 1. The molecule has 0 saturated carbocycles. The van der Waals surface area contributed by atoms with E-state index >= 15 is 0 Å². The topological polar surface area (TPSA) is 62.0 Å². The van der Waals surface area contributed by atoms with E-state index in [1.165, 1.54) is 0 Å². The SMILES string of the molecule is N[C@@H](CO)c1cc2c(Br)cccc2[nH]1. The standard InChI is InChI=1S/C10H11BrN2O/c11-7-2-1-3-9-6(7)4-10(13-9)8(12)5-14/h1-4,8,13-14H,5,12H2/t8-/m0/s1. The van der Waals surface area contributed by atoms with Crippen LogP contribution in [0.1, 0.15) is 11.7 Å². The van der Waals surface area contributed by atoms with E-state index in [0.717, 1.165) is 21.1 Å². The van der Waals surface area contributed by atoms with Gasteiger partial charge in [-0.2, -0.15) is 0 Å². The van der Waals surface area contributed by atoms with Crippen molar-refractivity contribution >= 4 is 26.8 Å². The molecule has 0 radical (unpaired) electrons. The van der Waals surface area contributed by atoms with E-state index in [4.69, 9.17) is 10.8 Å². The molecule has 0 fully saturated rings. The Morgan fingerprint density at radius 3 is 2.93 bits per heavy atom. The molecule has 74 valence electrons. The fraction of sp³-hybridized carbons (Fsp3) is 0.200. The van der Waals surface area contributed by atoms with Crippen LogP contribution in [0, 0.1) is 0 Å². The molecule has 0 amide bonds. The van der Waals surface area contributed by atoms with Crippen molar-refractivity contribution in [3.63, 3.8) is 0 Å². The van der Waals surface area contributed by atoms with E-state index in [1.54, 1.807) is 0 Å². The van der Waals surface area contributed by atoms with Gasteiger partial charge in [-0.05, 0) is 18.2 Å². The summed E-state index contributed by atoms with van der Waals surface area (Å²) in [7, 11) is 0. The second-order valence-corrected chi connectivity index (χ2v) is 4.07. The molecule has 3 nitrogen and oxygen atoms in total. The molecule has 4 heteroatoms. The number of aromatic amines is 1. The van der Waals surface area contributed by atoms with Gasteiger partial charge in [0, 0.05) is 21.1 Å². The summed E-state index contributed by atoms with van der Waals surface area (Å²) in [6, 6.07) is 7.53. The maximum absolute atomic E-state index is 8.93. The minimum absolute atomic E-state index is 0.0511. The third kappa shape index (κ3) is 1.56. The molecule has 2 aromatic rings. The van der Waals surface area contributed by atoms with Crippen molar-refractivity contribution in [1.82, 2.24) is 4.98 Å². The molecule has 4 N–H and O–H groups in total. The van der Waals surface area contributed by atoms with E-state index in [2.05, 4.69) is 20.9 Å². The van der Waals surface area contributed by atoms with Crippen molar-refractivity contribution in [3.8, 4) is 0 Å². The van der Waals surface area contributed by atoms with E-state index in [-0.39, 0.29) is 12.6 Å². The van der Waals surface area contributed by atoms with Crippen LogP contribution in [-0.2, 0) is 0 Å². The normalized spacial score (nSPS) is 13.4. The number of fused-ring (bicyclic) bond motifs is 1. The lowest BCUT2D eigenvalue weighted by molar-refractivity contribution is 0.266. The number of benzene rings is 1. The fourth-order valence-electron chi connectivity index (χ4n) is 1.44. The van der Waals surface area contributed by atoms with Crippen molar-refractivity contribution in [2.75, 3.05) is 6.61 Å². The predicted molar refractivity (Wildman–Crippen MR) is 60.0 cm³/mol. The maximum Gasteiger partial charge on any atom is 0.0683 e.